The van der Waals surface area contributed by atoms with Gasteiger partial charge >= 0.3 is 0 Å². The van der Waals surface area contributed by atoms with Gasteiger partial charge in [0.15, 0.2) is 0 Å². The summed E-state index contributed by atoms with van der Waals surface area (Å²) >= 11 is 6.78. The Labute approximate surface area is 121 Å². The Balaban J connectivity index is 1.72. The van der Waals surface area contributed by atoms with Gasteiger partial charge in [-0.2, -0.15) is 0 Å². The normalized spacial score (nSPS) is 34.8. The van der Waals surface area contributed by atoms with Crippen molar-refractivity contribution in [2.75, 3.05) is 0 Å². The molecule has 1 aromatic carbocycles. The molecule has 4 atom stereocenters. The van der Waals surface area contributed by atoms with E-state index in [1.54, 1.807) is 0 Å². The molecule has 1 aliphatic carbocycles. The average Bonchev–Trinajstić information content (AvgIpc) is 2.75. The van der Waals surface area contributed by atoms with Crippen molar-refractivity contribution in [1.82, 2.24) is 0 Å². The van der Waals surface area contributed by atoms with Crippen molar-refractivity contribution in [3.63, 3.8) is 0 Å². The molecule has 0 saturated carbocycles. The molecule has 1 aliphatic heterocycles. The first-order valence-electron chi connectivity index (χ1n) is 7.61. The van der Waals surface area contributed by atoms with Crippen LogP contribution in [0.3, 0.4) is 0 Å². The van der Waals surface area contributed by atoms with E-state index in [1.807, 2.05) is 0 Å². The molecule has 1 fully saturated rings. The molecule has 2 aliphatic rings. The highest BCUT2D eigenvalue weighted by molar-refractivity contribution is 6.21. The van der Waals surface area contributed by atoms with Crippen LogP contribution in [0, 0.1) is 5.92 Å². The lowest BCUT2D eigenvalue weighted by Gasteiger charge is -2.24. The third-order valence-corrected chi connectivity index (χ3v) is 5.26. The van der Waals surface area contributed by atoms with E-state index < -0.39 is 0 Å². The van der Waals surface area contributed by atoms with Gasteiger partial charge in [0.2, 0.25) is 0 Å². The summed E-state index contributed by atoms with van der Waals surface area (Å²) in [6.07, 6.45) is 8.10. The highest BCUT2D eigenvalue weighted by Crippen LogP contribution is 2.41. The Kier molecular flexibility index (Phi) is 4.14. The minimum Gasteiger partial charge on any atom is -0.375 e. The fourth-order valence-corrected chi connectivity index (χ4v) is 4.06. The number of hydrogen-bond donors (Lipinski definition) is 0. The van der Waals surface area contributed by atoms with Gasteiger partial charge in [0.05, 0.1) is 17.6 Å². The number of benzene rings is 1. The van der Waals surface area contributed by atoms with E-state index in [4.69, 9.17) is 16.3 Å². The lowest BCUT2D eigenvalue weighted by Crippen LogP contribution is -2.17. The largest absolute Gasteiger partial charge is 0.375 e. The summed E-state index contributed by atoms with van der Waals surface area (Å²) in [5, 5.41) is 0.165. The zero-order valence-corrected chi connectivity index (χ0v) is 12.4. The molecule has 4 unspecified atom stereocenters. The van der Waals surface area contributed by atoms with E-state index in [1.165, 1.54) is 43.2 Å². The van der Waals surface area contributed by atoms with Gasteiger partial charge in [0.1, 0.15) is 0 Å². The highest BCUT2D eigenvalue weighted by Gasteiger charge is 2.31. The lowest BCUT2D eigenvalue weighted by atomic mass is 9.90. The molecule has 1 saturated heterocycles. The number of hydrogen-bond acceptors (Lipinski definition) is 1. The summed E-state index contributed by atoms with van der Waals surface area (Å²) < 4.78 is 5.98. The Morgan fingerprint density at radius 3 is 2.84 bits per heavy atom. The zero-order valence-electron chi connectivity index (χ0n) is 11.6. The smallest absolute Gasteiger partial charge is 0.0617 e. The minimum atomic E-state index is 0.165. The Morgan fingerprint density at radius 1 is 1.21 bits per heavy atom. The summed E-state index contributed by atoms with van der Waals surface area (Å²) in [6, 6.07) is 8.69. The van der Waals surface area contributed by atoms with Gasteiger partial charge < -0.3 is 4.74 Å². The SMILES string of the molecule is CC1CCC(CC2CCCc3ccccc3C2Cl)O1. The van der Waals surface area contributed by atoms with Gasteiger partial charge in [-0.15, -0.1) is 11.6 Å². The second kappa shape index (κ2) is 5.85. The first kappa shape index (κ1) is 13.5. The topological polar surface area (TPSA) is 9.23 Å². The molecular formula is C17H23ClO. The summed E-state index contributed by atoms with van der Waals surface area (Å²) in [4.78, 5) is 0. The molecule has 0 radical (unpaired) electrons. The van der Waals surface area contributed by atoms with Crippen LogP contribution >= 0.6 is 11.6 Å². The van der Waals surface area contributed by atoms with E-state index in [2.05, 4.69) is 31.2 Å². The van der Waals surface area contributed by atoms with Gasteiger partial charge in [0.25, 0.3) is 0 Å². The number of aryl methyl sites for hydroxylation is 1. The molecule has 0 spiro atoms. The first-order chi connectivity index (χ1) is 9.24. The third-order valence-electron chi connectivity index (χ3n) is 4.67. The van der Waals surface area contributed by atoms with Crippen molar-refractivity contribution in [1.29, 1.82) is 0 Å². The van der Waals surface area contributed by atoms with E-state index >= 15 is 0 Å². The molecule has 1 heterocycles. The number of fused-ring (bicyclic) bond motifs is 1. The molecule has 2 heteroatoms. The van der Waals surface area contributed by atoms with Crippen LogP contribution in [-0.4, -0.2) is 12.2 Å². The van der Waals surface area contributed by atoms with Crippen molar-refractivity contribution in [2.24, 2.45) is 5.92 Å². The fourth-order valence-electron chi connectivity index (χ4n) is 3.62. The number of rotatable bonds is 2. The van der Waals surface area contributed by atoms with Crippen LogP contribution in [-0.2, 0) is 11.2 Å². The predicted molar refractivity (Wildman–Crippen MR) is 79.7 cm³/mol. The fraction of sp³-hybridized carbons (Fsp3) is 0.647. The Bertz CT molecular complexity index is 431. The molecule has 0 bridgehead atoms. The quantitative estimate of drug-likeness (QED) is 0.554. The molecule has 1 aromatic rings. The van der Waals surface area contributed by atoms with Crippen LogP contribution in [0.5, 0.6) is 0 Å². The number of ether oxygens (including phenoxy) is 1. The van der Waals surface area contributed by atoms with Gasteiger partial charge in [-0.05, 0) is 62.5 Å². The highest BCUT2D eigenvalue weighted by atomic mass is 35.5. The van der Waals surface area contributed by atoms with E-state index in [-0.39, 0.29) is 5.38 Å². The summed E-state index contributed by atoms with van der Waals surface area (Å²) in [5.74, 6) is 0.570. The summed E-state index contributed by atoms with van der Waals surface area (Å²) in [5.41, 5.74) is 2.81. The second-order valence-electron chi connectivity index (χ2n) is 6.13. The van der Waals surface area contributed by atoms with Crippen molar-refractivity contribution in [2.45, 2.75) is 63.0 Å². The van der Waals surface area contributed by atoms with Crippen LogP contribution in [0.4, 0.5) is 0 Å². The minimum absolute atomic E-state index is 0.165. The average molecular weight is 279 g/mol. The standard InChI is InChI=1S/C17H23ClO/c1-12-9-10-15(19-12)11-14-7-4-6-13-5-2-3-8-16(13)17(14)18/h2-3,5,8,12,14-15,17H,4,6-7,9-11H2,1H3. The predicted octanol–water partition coefficient (Wildman–Crippen LogP) is 4.88. The summed E-state index contributed by atoms with van der Waals surface area (Å²) in [6.45, 7) is 2.18. The molecule has 3 rings (SSSR count). The van der Waals surface area contributed by atoms with Crippen molar-refractivity contribution < 1.29 is 4.74 Å². The molecule has 0 amide bonds. The molecule has 0 N–H and O–H groups in total. The Morgan fingerprint density at radius 2 is 2.05 bits per heavy atom. The van der Waals surface area contributed by atoms with E-state index in [9.17, 15) is 0 Å². The molecular weight excluding hydrogens is 256 g/mol. The zero-order chi connectivity index (χ0) is 13.2. The summed E-state index contributed by atoms with van der Waals surface area (Å²) in [7, 11) is 0. The van der Waals surface area contributed by atoms with Crippen LogP contribution < -0.4 is 0 Å². The van der Waals surface area contributed by atoms with E-state index in [0.717, 1.165) is 6.42 Å². The maximum Gasteiger partial charge on any atom is 0.0617 e. The van der Waals surface area contributed by atoms with Crippen LogP contribution in [0.1, 0.15) is 55.5 Å². The van der Waals surface area contributed by atoms with Crippen LogP contribution in [0.2, 0.25) is 0 Å². The van der Waals surface area contributed by atoms with E-state index in [0.29, 0.717) is 18.1 Å². The number of halogens is 1. The lowest BCUT2D eigenvalue weighted by molar-refractivity contribution is 0.0395. The second-order valence-corrected chi connectivity index (χ2v) is 6.60. The van der Waals surface area contributed by atoms with Gasteiger partial charge in [0, 0.05) is 0 Å². The molecule has 104 valence electrons. The van der Waals surface area contributed by atoms with Crippen molar-refractivity contribution in [3.8, 4) is 0 Å². The molecule has 0 aromatic heterocycles. The molecule has 19 heavy (non-hydrogen) atoms. The van der Waals surface area contributed by atoms with Gasteiger partial charge in [-0.1, -0.05) is 24.3 Å². The maximum atomic E-state index is 6.78. The number of alkyl halides is 1. The third kappa shape index (κ3) is 2.98. The first-order valence-corrected chi connectivity index (χ1v) is 8.05. The van der Waals surface area contributed by atoms with Gasteiger partial charge in [-0.25, -0.2) is 0 Å². The maximum absolute atomic E-state index is 6.78. The van der Waals surface area contributed by atoms with Crippen LogP contribution in [0.25, 0.3) is 0 Å². The van der Waals surface area contributed by atoms with Gasteiger partial charge in [-0.3, -0.25) is 0 Å². The van der Waals surface area contributed by atoms with Crippen molar-refractivity contribution in [3.05, 3.63) is 35.4 Å². The van der Waals surface area contributed by atoms with Crippen LogP contribution in [0.15, 0.2) is 24.3 Å². The Hall–Kier alpha value is -0.530. The monoisotopic (exact) mass is 278 g/mol. The molecule has 1 nitrogen and oxygen atoms in total. The van der Waals surface area contributed by atoms with Crippen molar-refractivity contribution >= 4 is 11.6 Å².